The maximum Gasteiger partial charge on any atom is 0.408 e. The van der Waals surface area contributed by atoms with Crippen LogP contribution < -0.4 is 24.8 Å². The van der Waals surface area contributed by atoms with Crippen LogP contribution in [0.3, 0.4) is 0 Å². The first-order valence-electron chi connectivity index (χ1n) is 20.1. The highest BCUT2D eigenvalue weighted by Crippen LogP contribution is 2.49. The molecule has 15 heteroatoms. The minimum atomic E-state index is -3.99. The maximum atomic E-state index is 14.8. The summed E-state index contributed by atoms with van der Waals surface area (Å²) in [6.07, 6.45) is 11.2. The van der Waals surface area contributed by atoms with Crippen molar-refractivity contribution in [2.24, 2.45) is 5.92 Å². The number of pyridine rings is 1. The van der Waals surface area contributed by atoms with Crippen molar-refractivity contribution in [1.29, 1.82) is 0 Å². The number of nitrogens with zero attached hydrogens (tertiary/aromatic N) is 2. The van der Waals surface area contributed by atoms with Crippen LogP contribution in [0.4, 0.5) is 4.79 Å². The van der Waals surface area contributed by atoms with Crippen molar-refractivity contribution in [1.82, 2.24) is 25.2 Å². The molecule has 5 unspecified atom stereocenters. The number of ether oxygens (including phenoxy) is 3. The maximum absolute atomic E-state index is 14.8. The number of nitrogens with one attached hydrogen (secondary N) is 3. The Balaban J connectivity index is 1.13. The van der Waals surface area contributed by atoms with Crippen LogP contribution in [0.5, 0.6) is 11.5 Å². The number of methoxy groups -OCH3 is 1. The number of aryl methyl sites for hydroxylation is 2. The minimum Gasteiger partial charge on any atom is -0.497 e. The number of carbonyl (C=O) groups is 4. The fourth-order valence-electron chi connectivity index (χ4n) is 8.97. The third-order valence-corrected chi connectivity index (χ3v) is 15.4. The van der Waals surface area contributed by atoms with E-state index < -0.39 is 73.3 Å². The van der Waals surface area contributed by atoms with E-state index in [-0.39, 0.29) is 19.4 Å². The van der Waals surface area contributed by atoms with E-state index in [0.29, 0.717) is 62.1 Å². The van der Waals surface area contributed by atoms with Gasteiger partial charge in [-0.3, -0.25) is 19.1 Å². The highest BCUT2D eigenvalue weighted by Gasteiger charge is 2.64. The number of rotatable bonds is 6. The van der Waals surface area contributed by atoms with Crippen LogP contribution >= 0.6 is 0 Å². The van der Waals surface area contributed by atoms with E-state index in [0.717, 1.165) is 48.6 Å². The first-order valence-corrected chi connectivity index (χ1v) is 21.6. The number of alkyl carbamates (subject to hydrolysis) is 1. The predicted octanol–water partition coefficient (Wildman–Crippen LogP) is 4.65. The van der Waals surface area contributed by atoms with Crippen LogP contribution in [0.15, 0.2) is 30.4 Å². The van der Waals surface area contributed by atoms with E-state index in [1.807, 2.05) is 44.2 Å². The first kappa shape index (κ1) is 38.5. The molecule has 4 amide bonds. The molecule has 0 bridgehead atoms. The van der Waals surface area contributed by atoms with Gasteiger partial charge in [-0.2, -0.15) is 0 Å². The Morgan fingerprint density at radius 2 is 1.82 bits per heavy atom. The lowest BCUT2D eigenvalue weighted by molar-refractivity contribution is -0.141. The van der Waals surface area contributed by atoms with Crippen LogP contribution in [-0.2, 0) is 35.6 Å². The van der Waals surface area contributed by atoms with Gasteiger partial charge in [0.25, 0.3) is 5.91 Å². The van der Waals surface area contributed by atoms with E-state index in [1.165, 1.54) is 4.90 Å². The van der Waals surface area contributed by atoms with E-state index in [4.69, 9.17) is 19.2 Å². The summed E-state index contributed by atoms with van der Waals surface area (Å²) in [5.41, 5.74) is -0.615. The molecule has 2 aromatic rings. The molecule has 3 aliphatic heterocycles. The monoisotopic (exact) mass is 791 g/mol. The topological polar surface area (TPSA) is 182 Å². The molecular weight excluding hydrogens is 739 g/mol. The molecule has 1 aromatic carbocycles. The van der Waals surface area contributed by atoms with Gasteiger partial charge in [-0.1, -0.05) is 25.0 Å². The molecule has 3 aliphatic carbocycles. The van der Waals surface area contributed by atoms with Crippen molar-refractivity contribution in [3.63, 3.8) is 0 Å². The van der Waals surface area contributed by atoms with Gasteiger partial charge in [0.2, 0.25) is 21.8 Å². The van der Waals surface area contributed by atoms with Crippen molar-refractivity contribution >= 4 is 44.7 Å². The van der Waals surface area contributed by atoms with Gasteiger partial charge < -0.3 is 29.7 Å². The summed E-state index contributed by atoms with van der Waals surface area (Å²) < 4.78 is 45.9. The lowest BCUT2D eigenvalue weighted by atomic mass is 9.82. The lowest BCUT2D eigenvalue weighted by Crippen LogP contribution is -2.59. The molecule has 4 fully saturated rings. The summed E-state index contributed by atoms with van der Waals surface area (Å²) in [7, 11) is -2.38. The number of amides is 4. The number of fused-ring (bicyclic) bond motifs is 5. The summed E-state index contributed by atoms with van der Waals surface area (Å²) >= 11 is 0. The van der Waals surface area contributed by atoms with Crippen molar-refractivity contribution < 1.29 is 41.8 Å². The SMILES string of the molecule is COc1ccc2nc(C)c3c(c2c1)CCC1(CC2C(=O)NC4(C(=O)NS(=O)(=O)C5(C)CC5)CC4C=CCCCCCC(NC(=O)OC4(C)CCC4)C(=O)N2C1)O3. The number of benzene rings is 1. The smallest absolute Gasteiger partial charge is 0.408 e. The second-order valence-electron chi connectivity index (χ2n) is 17.5. The van der Waals surface area contributed by atoms with E-state index in [9.17, 15) is 27.6 Å². The standard InChI is InChI=1S/C41H53N5O9S/c1-25-33-28(29-21-27(53-4)13-14-30(29)42-25)15-18-40(54-33)23-32-34(47)44-41(36(49)45-56(51,52)39(3)19-20-39)22-26(41)11-8-6-5-7-9-12-31(35(48)46(32)24-40)43-37(50)55-38(2)16-10-17-38/h8,11,13-14,21,26,31-32H,5-7,9-10,12,15-20,22-24H2,1-4H3,(H,43,50)(H,44,47)(H,45,49). The minimum absolute atomic E-state index is 0.0547. The quantitative estimate of drug-likeness (QED) is 0.349. The second kappa shape index (κ2) is 13.9. The fourth-order valence-corrected chi connectivity index (χ4v) is 10.3. The van der Waals surface area contributed by atoms with Gasteiger partial charge in [-0.05, 0) is 110 Å². The Morgan fingerprint density at radius 3 is 2.54 bits per heavy atom. The zero-order valence-electron chi connectivity index (χ0n) is 32.7. The normalized spacial score (nSPS) is 30.6. The van der Waals surface area contributed by atoms with E-state index in [2.05, 4.69) is 15.4 Å². The van der Waals surface area contributed by atoms with Crippen LogP contribution in [0.2, 0.25) is 0 Å². The van der Waals surface area contributed by atoms with E-state index >= 15 is 0 Å². The molecule has 4 heterocycles. The van der Waals surface area contributed by atoms with Crippen molar-refractivity contribution in [3.8, 4) is 11.5 Å². The molecule has 8 rings (SSSR count). The van der Waals surface area contributed by atoms with Crippen LogP contribution in [-0.4, -0.2) is 89.3 Å². The lowest BCUT2D eigenvalue weighted by Gasteiger charge is -2.38. The predicted molar refractivity (Wildman–Crippen MR) is 206 cm³/mol. The average Bonchev–Trinajstić information content (AvgIpc) is 4.04. The van der Waals surface area contributed by atoms with Gasteiger partial charge in [0.1, 0.15) is 40.3 Å². The van der Waals surface area contributed by atoms with Gasteiger partial charge >= 0.3 is 6.09 Å². The van der Waals surface area contributed by atoms with Gasteiger partial charge in [0.15, 0.2) is 0 Å². The highest BCUT2D eigenvalue weighted by molar-refractivity contribution is 7.91. The summed E-state index contributed by atoms with van der Waals surface area (Å²) in [6.45, 7) is 5.42. The van der Waals surface area contributed by atoms with E-state index in [1.54, 1.807) is 14.0 Å². The molecule has 1 spiro atoms. The zero-order chi connectivity index (χ0) is 39.7. The highest BCUT2D eigenvalue weighted by atomic mass is 32.2. The number of aromatic nitrogens is 1. The Morgan fingerprint density at radius 1 is 1.04 bits per heavy atom. The number of carbonyl (C=O) groups excluding carboxylic acids is 4. The van der Waals surface area contributed by atoms with Crippen molar-refractivity contribution in [2.75, 3.05) is 13.7 Å². The summed E-state index contributed by atoms with van der Waals surface area (Å²) in [5.74, 6) is -0.931. The van der Waals surface area contributed by atoms with Crippen LogP contribution in [0.25, 0.3) is 10.9 Å². The molecule has 302 valence electrons. The Kier molecular flexibility index (Phi) is 9.56. The molecule has 6 aliphatic rings. The van der Waals surface area contributed by atoms with Gasteiger partial charge in [-0.15, -0.1) is 0 Å². The molecule has 0 radical (unpaired) electrons. The van der Waals surface area contributed by atoms with Crippen molar-refractivity contribution in [3.05, 3.63) is 41.6 Å². The van der Waals surface area contributed by atoms with Crippen LogP contribution in [0, 0.1) is 12.8 Å². The number of hydrogen-bond donors (Lipinski definition) is 3. The summed E-state index contributed by atoms with van der Waals surface area (Å²) in [4.78, 5) is 63.1. The largest absolute Gasteiger partial charge is 0.497 e. The van der Waals surface area contributed by atoms with Crippen molar-refractivity contribution in [2.45, 2.75) is 144 Å². The Bertz CT molecular complexity index is 2110. The Hall–Kier alpha value is -4.40. The molecule has 1 aromatic heterocycles. The summed E-state index contributed by atoms with van der Waals surface area (Å²) in [5, 5.41) is 6.72. The molecule has 3 N–H and O–H groups in total. The Labute approximate surface area is 327 Å². The van der Waals surface area contributed by atoms with Gasteiger partial charge in [0.05, 0.1) is 29.6 Å². The molecule has 14 nitrogen and oxygen atoms in total. The molecular formula is C41H53N5O9S. The molecule has 1 saturated heterocycles. The molecule has 3 saturated carbocycles. The average molecular weight is 792 g/mol. The fraction of sp³-hybridized carbons (Fsp3) is 0.634. The second-order valence-corrected chi connectivity index (χ2v) is 19.7. The number of hydrogen-bond acceptors (Lipinski definition) is 10. The van der Waals surface area contributed by atoms with Gasteiger partial charge in [-0.25, -0.2) is 18.2 Å². The van der Waals surface area contributed by atoms with Gasteiger partial charge in [0, 0.05) is 23.3 Å². The zero-order valence-corrected chi connectivity index (χ0v) is 33.5. The third-order valence-electron chi connectivity index (χ3n) is 13.2. The molecule has 56 heavy (non-hydrogen) atoms. The van der Waals surface area contributed by atoms with Crippen LogP contribution in [0.1, 0.15) is 109 Å². The summed E-state index contributed by atoms with van der Waals surface area (Å²) in [6, 6.07) is 3.66. The first-order chi connectivity index (χ1) is 26.6. The third kappa shape index (κ3) is 6.97. The number of allylic oxidation sites excluding steroid dienone is 1. The molecule has 5 atom stereocenters. The number of sulfonamides is 1.